The highest BCUT2D eigenvalue weighted by Gasteiger charge is 2.12. The minimum atomic E-state index is -0.102. The molecule has 1 fully saturated rings. The molecule has 4 heteroatoms. The highest BCUT2D eigenvalue weighted by atomic mass is 16.5. The summed E-state index contributed by atoms with van der Waals surface area (Å²) in [5.74, 6) is 1.03. The summed E-state index contributed by atoms with van der Waals surface area (Å²) in [6.45, 7) is 1.27. The summed E-state index contributed by atoms with van der Waals surface area (Å²) in [6.07, 6.45) is 9.52. The van der Waals surface area contributed by atoms with Gasteiger partial charge in [-0.3, -0.25) is 4.79 Å². The van der Waals surface area contributed by atoms with Gasteiger partial charge in [0.1, 0.15) is 0 Å². The van der Waals surface area contributed by atoms with Gasteiger partial charge in [-0.25, -0.2) is 0 Å². The quantitative estimate of drug-likeness (QED) is 0.833. The summed E-state index contributed by atoms with van der Waals surface area (Å²) in [6, 6.07) is 1.55. The molecule has 0 unspecified atom stereocenters. The highest BCUT2D eigenvalue weighted by Crippen LogP contribution is 2.23. The molecule has 0 saturated heterocycles. The standard InChI is InChI=1S/C15H23NO3/c1-18-15-9-16-13(8-14(15)17)11-19-10-12-6-4-2-3-5-7-12/h8-9,12H,2-7,10-11H2,1H3,(H,16,17). The van der Waals surface area contributed by atoms with Crippen molar-refractivity contribution >= 4 is 0 Å². The number of aromatic amines is 1. The molecule has 106 valence electrons. The van der Waals surface area contributed by atoms with Crippen molar-refractivity contribution in [3.63, 3.8) is 0 Å². The fourth-order valence-corrected chi connectivity index (χ4v) is 2.61. The summed E-state index contributed by atoms with van der Waals surface area (Å²) in [4.78, 5) is 14.6. The summed E-state index contributed by atoms with van der Waals surface area (Å²) in [5.41, 5.74) is 0.703. The summed E-state index contributed by atoms with van der Waals surface area (Å²) in [5, 5.41) is 0. The molecule has 0 atom stereocenters. The van der Waals surface area contributed by atoms with Gasteiger partial charge in [-0.15, -0.1) is 0 Å². The van der Waals surface area contributed by atoms with Gasteiger partial charge in [0.2, 0.25) is 5.43 Å². The van der Waals surface area contributed by atoms with Crippen LogP contribution in [0.3, 0.4) is 0 Å². The summed E-state index contributed by atoms with van der Waals surface area (Å²) < 4.78 is 10.7. The van der Waals surface area contributed by atoms with E-state index in [1.54, 1.807) is 12.3 Å². The first-order valence-corrected chi connectivity index (χ1v) is 7.13. The van der Waals surface area contributed by atoms with E-state index in [0.717, 1.165) is 12.3 Å². The number of aromatic nitrogens is 1. The smallest absolute Gasteiger partial charge is 0.223 e. The first-order valence-electron chi connectivity index (χ1n) is 7.13. The molecule has 4 nitrogen and oxygen atoms in total. The van der Waals surface area contributed by atoms with Crippen molar-refractivity contribution in [1.29, 1.82) is 0 Å². The van der Waals surface area contributed by atoms with Crippen LogP contribution in [0, 0.1) is 5.92 Å². The molecule has 1 aliphatic rings. The Morgan fingerprint density at radius 3 is 2.63 bits per heavy atom. The van der Waals surface area contributed by atoms with Crippen molar-refractivity contribution in [1.82, 2.24) is 4.98 Å². The van der Waals surface area contributed by atoms with Crippen molar-refractivity contribution in [2.75, 3.05) is 13.7 Å². The van der Waals surface area contributed by atoms with Crippen LogP contribution in [0.1, 0.15) is 44.2 Å². The molecular formula is C15H23NO3. The van der Waals surface area contributed by atoms with Crippen LogP contribution in [0.4, 0.5) is 0 Å². The lowest BCUT2D eigenvalue weighted by Gasteiger charge is -2.14. The minimum Gasteiger partial charge on any atom is -0.491 e. The molecular weight excluding hydrogens is 242 g/mol. The predicted octanol–water partition coefficient (Wildman–Crippen LogP) is 2.87. The van der Waals surface area contributed by atoms with E-state index in [2.05, 4.69) is 4.98 Å². The molecule has 0 bridgehead atoms. The van der Waals surface area contributed by atoms with Crippen LogP contribution >= 0.6 is 0 Å². The second kappa shape index (κ2) is 7.34. The molecule has 0 aliphatic heterocycles. The van der Waals surface area contributed by atoms with Crippen LogP contribution in [-0.2, 0) is 11.3 Å². The van der Waals surface area contributed by atoms with Crippen molar-refractivity contribution in [2.24, 2.45) is 5.92 Å². The SMILES string of the molecule is COc1c[nH]c(COCC2CCCCCC2)cc1=O. The zero-order valence-electron chi connectivity index (χ0n) is 11.6. The first-order chi connectivity index (χ1) is 9.29. The van der Waals surface area contributed by atoms with Crippen molar-refractivity contribution in [3.05, 3.63) is 28.2 Å². The molecule has 1 aliphatic carbocycles. The summed E-state index contributed by atoms with van der Waals surface area (Å²) >= 11 is 0. The lowest BCUT2D eigenvalue weighted by atomic mass is 10.0. The topological polar surface area (TPSA) is 51.3 Å². The summed E-state index contributed by atoms with van der Waals surface area (Å²) in [7, 11) is 1.49. The van der Waals surface area contributed by atoms with Crippen molar-refractivity contribution in [3.8, 4) is 5.75 Å². The lowest BCUT2D eigenvalue weighted by molar-refractivity contribution is 0.0797. The zero-order chi connectivity index (χ0) is 13.5. The van der Waals surface area contributed by atoms with E-state index in [1.165, 1.54) is 45.6 Å². The number of methoxy groups -OCH3 is 1. The molecule has 0 aromatic carbocycles. The maximum Gasteiger partial charge on any atom is 0.223 e. The number of ether oxygens (including phenoxy) is 2. The van der Waals surface area contributed by atoms with Gasteiger partial charge in [-0.05, 0) is 18.8 Å². The van der Waals surface area contributed by atoms with E-state index >= 15 is 0 Å². The fourth-order valence-electron chi connectivity index (χ4n) is 2.61. The Morgan fingerprint density at radius 2 is 2.00 bits per heavy atom. The molecule has 19 heavy (non-hydrogen) atoms. The third-order valence-corrected chi connectivity index (χ3v) is 3.74. The van der Waals surface area contributed by atoms with Gasteiger partial charge in [-0.2, -0.15) is 0 Å². The van der Waals surface area contributed by atoms with Gasteiger partial charge in [0.15, 0.2) is 5.75 Å². The molecule has 1 N–H and O–H groups in total. The Morgan fingerprint density at radius 1 is 1.26 bits per heavy atom. The second-order valence-electron chi connectivity index (χ2n) is 5.26. The van der Waals surface area contributed by atoms with E-state index in [4.69, 9.17) is 9.47 Å². The van der Waals surface area contributed by atoms with E-state index in [9.17, 15) is 4.79 Å². The minimum absolute atomic E-state index is 0.102. The molecule has 0 amide bonds. The average molecular weight is 265 g/mol. The third-order valence-electron chi connectivity index (χ3n) is 3.74. The monoisotopic (exact) mass is 265 g/mol. The van der Waals surface area contributed by atoms with Crippen molar-refractivity contribution in [2.45, 2.75) is 45.1 Å². The van der Waals surface area contributed by atoms with Crippen molar-refractivity contribution < 1.29 is 9.47 Å². The Kier molecular flexibility index (Phi) is 5.45. The Labute approximate surface area is 114 Å². The van der Waals surface area contributed by atoms with Crippen LogP contribution in [0.5, 0.6) is 5.75 Å². The molecule has 0 radical (unpaired) electrons. The maximum absolute atomic E-state index is 11.6. The van der Waals surface area contributed by atoms with E-state index < -0.39 is 0 Å². The van der Waals surface area contributed by atoms with Gasteiger partial charge in [0.25, 0.3) is 0 Å². The average Bonchev–Trinajstić information content (AvgIpc) is 2.68. The van der Waals surface area contributed by atoms with E-state index in [0.29, 0.717) is 18.3 Å². The van der Waals surface area contributed by atoms with Gasteiger partial charge >= 0.3 is 0 Å². The van der Waals surface area contributed by atoms with Gasteiger partial charge in [-0.1, -0.05) is 25.7 Å². The zero-order valence-corrected chi connectivity index (χ0v) is 11.6. The number of pyridine rings is 1. The van der Waals surface area contributed by atoms with E-state index in [-0.39, 0.29) is 5.43 Å². The lowest BCUT2D eigenvalue weighted by Crippen LogP contribution is -2.11. The van der Waals surface area contributed by atoms with E-state index in [1.807, 2.05) is 0 Å². The Bertz CT molecular complexity index is 433. The van der Waals surface area contributed by atoms with Gasteiger partial charge in [0, 0.05) is 24.6 Å². The number of H-pyrrole nitrogens is 1. The predicted molar refractivity (Wildman–Crippen MR) is 74.5 cm³/mol. The fraction of sp³-hybridized carbons (Fsp3) is 0.667. The first kappa shape index (κ1) is 14.1. The third kappa shape index (κ3) is 4.39. The van der Waals surface area contributed by atoms with Gasteiger partial charge < -0.3 is 14.5 Å². The largest absolute Gasteiger partial charge is 0.491 e. The molecule has 1 aromatic rings. The van der Waals surface area contributed by atoms with Gasteiger partial charge in [0.05, 0.1) is 13.7 Å². The number of hydrogen-bond acceptors (Lipinski definition) is 3. The molecule has 2 rings (SSSR count). The second-order valence-corrected chi connectivity index (χ2v) is 5.26. The number of hydrogen-bond donors (Lipinski definition) is 1. The molecule has 1 saturated carbocycles. The molecule has 0 spiro atoms. The maximum atomic E-state index is 11.6. The number of rotatable bonds is 5. The normalized spacial score (nSPS) is 17.1. The van der Waals surface area contributed by atoms with Crippen LogP contribution in [0.15, 0.2) is 17.1 Å². The van der Waals surface area contributed by atoms with Crippen LogP contribution in [0.25, 0.3) is 0 Å². The molecule has 1 aromatic heterocycles. The Balaban J connectivity index is 1.78. The number of nitrogens with one attached hydrogen (secondary N) is 1. The Hall–Kier alpha value is -1.29. The molecule has 1 heterocycles. The van der Waals surface area contributed by atoms with Crippen LogP contribution < -0.4 is 10.2 Å². The van der Waals surface area contributed by atoms with Crippen LogP contribution in [0.2, 0.25) is 0 Å². The highest BCUT2D eigenvalue weighted by molar-refractivity contribution is 5.19. The van der Waals surface area contributed by atoms with Crippen LogP contribution in [-0.4, -0.2) is 18.7 Å².